The molecule has 1 N–H and O–H groups in total. The number of hydrogen-bond acceptors (Lipinski definition) is 4. The third kappa shape index (κ3) is 4.78. The van der Waals surface area contributed by atoms with Gasteiger partial charge in [-0.05, 0) is 30.7 Å². The summed E-state index contributed by atoms with van der Waals surface area (Å²) in [6.45, 7) is 1.46. The molecule has 0 radical (unpaired) electrons. The minimum atomic E-state index is -3.77. The smallest absolute Gasteiger partial charge is 0.304 e. The lowest BCUT2D eigenvalue weighted by Gasteiger charge is -2.04. The molecule has 0 saturated heterocycles. The van der Waals surface area contributed by atoms with Crippen molar-refractivity contribution in [1.29, 1.82) is 0 Å². The summed E-state index contributed by atoms with van der Waals surface area (Å²) in [4.78, 5) is 22.0. The molecule has 1 rings (SSSR count). The zero-order valence-corrected chi connectivity index (χ0v) is 11.0. The van der Waals surface area contributed by atoms with Crippen LogP contribution in [-0.4, -0.2) is 36.8 Å². The molecular formula is C12H13FO5S. The van der Waals surface area contributed by atoms with Crippen molar-refractivity contribution in [2.45, 2.75) is 13.3 Å². The molecule has 1 aromatic carbocycles. The van der Waals surface area contributed by atoms with E-state index in [0.29, 0.717) is 0 Å². The van der Waals surface area contributed by atoms with Crippen molar-refractivity contribution < 1.29 is 27.5 Å². The Balaban J connectivity index is 2.79. The molecule has 0 unspecified atom stereocenters. The SMILES string of the molecule is Cc1cc(C(=O)CS(=O)(=O)CCC(=O)O)ccc1F. The molecule has 0 aliphatic rings. The summed E-state index contributed by atoms with van der Waals surface area (Å²) in [6, 6.07) is 3.56. The van der Waals surface area contributed by atoms with E-state index in [1.54, 1.807) is 0 Å². The van der Waals surface area contributed by atoms with Gasteiger partial charge in [-0.25, -0.2) is 12.8 Å². The summed E-state index contributed by atoms with van der Waals surface area (Å²) in [5.74, 6) is -3.76. The summed E-state index contributed by atoms with van der Waals surface area (Å²) in [6.07, 6.45) is -0.544. The van der Waals surface area contributed by atoms with E-state index in [4.69, 9.17) is 5.11 Å². The molecule has 104 valence electrons. The van der Waals surface area contributed by atoms with E-state index < -0.39 is 45.3 Å². The van der Waals surface area contributed by atoms with E-state index in [1.165, 1.54) is 19.1 Å². The van der Waals surface area contributed by atoms with Gasteiger partial charge in [0.1, 0.15) is 11.6 Å². The number of ketones is 1. The lowest BCUT2D eigenvalue weighted by molar-refractivity contribution is -0.136. The van der Waals surface area contributed by atoms with Gasteiger partial charge in [-0.1, -0.05) is 0 Å². The molecule has 0 heterocycles. The Bertz CT molecular complexity index is 607. The number of sulfone groups is 1. The molecule has 7 heteroatoms. The quantitative estimate of drug-likeness (QED) is 0.795. The highest BCUT2D eigenvalue weighted by Crippen LogP contribution is 2.11. The topological polar surface area (TPSA) is 88.5 Å². The molecule has 1 aromatic rings. The number of carbonyl (C=O) groups excluding carboxylic acids is 1. The van der Waals surface area contributed by atoms with E-state index in [-0.39, 0.29) is 11.1 Å². The third-order valence-electron chi connectivity index (χ3n) is 2.46. The number of carboxylic acid groups (broad SMARTS) is 1. The van der Waals surface area contributed by atoms with Gasteiger partial charge < -0.3 is 5.11 Å². The molecule has 0 aliphatic heterocycles. The summed E-state index contributed by atoms with van der Waals surface area (Å²) in [7, 11) is -3.77. The van der Waals surface area contributed by atoms with Crippen LogP contribution in [0.3, 0.4) is 0 Å². The Morgan fingerprint density at radius 2 is 1.95 bits per heavy atom. The second-order valence-corrected chi connectivity index (χ2v) is 6.31. The Labute approximate surface area is 110 Å². The van der Waals surface area contributed by atoms with Crippen LogP contribution >= 0.6 is 0 Å². The third-order valence-corrected chi connectivity index (χ3v) is 3.99. The van der Waals surface area contributed by atoms with Gasteiger partial charge in [0.05, 0.1) is 12.2 Å². The number of rotatable bonds is 6. The number of halogens is 1. The number of benzene rings is 1. The average Bonchev–Trinajstić information content (AvgIpc) is 2.29. The summed E-state index contributed by atoms with van der Waals surface area (Å²) in [5.41, 5.74) is 0.339. The molecule has 0 spiro atoms. The number of aryl methyl sites for hydroxylation is 1. The van der Waals surface area contributed by atoms with Crippen molar-refractivity contribution >= 4 is 21.6 Å². The Hall–Kier alpha value is -1.76. The van der Waals surface area contributed by atoms with Crippen molar-refractivity contribution in [2.75, 3.05) is 11.5 Å². The normalized spacial score (nSPS) is 11.3. The summed E-state index contributed by atoms with van der Waals surface area (Å²) in [5, 5.41) is 8.40. The van der Waals surface area contributed by atoms with Gasteiger partial charge in [-0.3, -0.25) is 9.59 Å². The van der Waals surface area contributed by atoms with Crippen molar-refractivity contribution in [3.8, 4) is 0 Å². The zero-order chi connectivity index (χ0) is 14.6. The van der Waals surface area contributed by atoms with Gasteiger partial charge in [0.15, 0.2) is 15.6 Å². The van der Waals surface area contributed by atoms with Crippen LogP contribution < -0.4 is 0 Å². The minimum absolute atomic E-state index is 0.0952. The average molecular weight is 288 g/mol. The van der Waals surface area contributed by atoms with E-state index in [1.807, 2.05) is 0 Å². The summed E-state index contributed by atoms with van der Waals surface area (Å²) >= 11 is 0. The molecule has 0 atom stereocenters. The number of aliphatic carboxylic acids is 1. The maximum absolute atomic E-state index is 13.0. The van der Waals surface area contributed by atoms with Crippen molar-refractivity contribution in [3.05, 3.63) is 35.1 Å². The van der Waals surface area contributed by atoms with E-state index in [2.05, 4.69) is 0 Å². The van der Waals surface area contributed by atoms with Crippen LogP contribution in [-0.2, 0) is 14.6 Å². The van der Waals surface area contributed by atoms with Gasteiger partial charge in [0.25, 0.3) is 0 Å². The fraction of sp³-hybridized carbons (Fsp3) is 0.333. The second-order valence-electron chi connectivity index (χ2n) is 4.12. The molecule has 0 saturated carbocycles. The van der Waals surface area contributed by atoms with Crippen LogP contribution in [0.25, 0.3) is 0 Å². The van der Waals surface area contributed by atoms with Crippen molar-refractivity contribution in [2.24, 2.45) is 0 Å². The van der Waals surface area contributed by atoms with Crippen molar-refractivity contribution in [3.63, 3.8) is 0 Å². The highest BCUT2D eigenvalue weighted by atomic mass is 32.2. The fourth-order valence-corrected chi connectivity index (χ4v) is 2.61. The van der Waals surface area contributed by atoms with Crippen LogP contribution in [0.15, 0.2) is 18.2 Å². The van der Waals surface area contributed by atoms with Crippen LogP contribution in [0.1, 0.15) is 22.3 Å². The molecule has 0 fully saturated rings. The first kappa shape index (κ1) is 15.3. The van der Waals surface area contributed by atoms with Gasteiger partial charge in [0, 0.05) is 5.56 Å². The number of hydrogen-bond donors (Lipinski definition) is 1. The predicted molar refractivity (Wildman–Crippen MR) is 66.4 cm³/mol. The van der Waals surface area contributed by atoms with Crippen molar-refractivity contribution in [1.82, 2.24) is 0 Å². The largest absolute Gasteiger partial charge is 0.481 e. The maximum Gasteiger partial charge on any atom is 0.304 e. The molecular weight excluding hydrogens is 275 g/mol. The van der Waals surface area contributed by atoms with E-state index in [0.717, 1.165) is 6.07 Å². The first-order valence-electron chi connectivity index (χ1n) is 5.43. The highest BCUT2D eigenvalue weighted by molar-refractivity contribution is 7.92. The lowest BCUT2D eigenvalue weighted by Crippen LogP contribution is -2.20. The van der Waals surface area contributed by atoms with Gasteiger partial charge in [-0.2, -0.15) is 0 Å². The Morgan fingerprint density at radius 1 is 1.32 bits per heavy atom. The molecule has 0 aromatic heterocycles. The van der Waals surface area contributed by atoms with Gasteiger partial charge in [-0.15, -0.1) is 0 Å². The number of carbonyl (C=O) groups is 2. The van der Waals surface area contributed by atoms with Gasteiger partial charge in [0.2, 0.25) is 0 Å². The maximum atomic E-state index is 13.0. The fourth-order valence-electron chi connectivity index (χ4n) is 1.42. The molecule has 5 nitrogen and oxygen atoms in total. The van der Waals surface area contributed by atoms with Crippen LogP contribution in [0.5, 0.6) is 0 Å². The van der Waals surface area contributed by atoms with E-state index in [9.17, 15) is 22.4 Å². The Kier molecular flexibility index (Phi) is 4.77. The predicted octanol–water partition coefficient (Wildman–Crippen LogP) is 1.21. The minimum Gasteiger partial charge on any atom is -0.481 e. The monoisotopic (exact) mass is 288 g/mol. The Morgan fingerprint density at radius 3 is 2.47 bits per heavy atom. The summed E-state index contributed by atoms with van der Waals surface area (Å²) < 4.78 is 36.0. The van der Waals surface area contributed by atoms with E-state index >= 15 is 0 Å². The zero-order valence-electron chi connectivity index (χ0n) is 10.2. The molecule has 0 amide bonds. The highest BCUT2D eigenvalue weighted by Gasteiger charge is 2.19. The second kappa shape index (κ2) is 5.92. The number of Topliss-reactive ketones (excluding diaryl/α,β-unsaturated/α-hetero) is 1. The first-order valence-corrected chi connectivity index (χ1v) is 7.25. The van der Waals surface area contributed by atoms with Crippen LogP contribution in [0, 0.1) is 12.7 Å². The molecule has 19 heavy (non-hydrogen) atoms. The molecule has 0 aliphatic carbocycles. The first-order chi connectivity index (χ1) is 8.71. The van der Waals surface area contributed by atoms with Crippen LogP contribution in [0.2, 0.25) is 0 Å². The number of carboxylic acids is 1. The lowest BCUT2D eigenvalue weighted by atomic mass is 10.1. The van der Waals surface area contributed by atoms with Crippen LogP contribution in [0.4, 0.5) is 4.39 Å². The standard InChI is InChI=1S/C12H13FO5S/c1-8-6-9(2-3-10(8)13)11(14)7-19(17,18)5-4-12(15)16/h2-3,6H,4-5,7H2,1H3,(H,15,16). The van der Waals surface area contributed by atoms with Gasteiger partial charge >= 0.3 is 5.97 Å². The molecule has 0 bridgehead atoms.